The molecule has 0 aliphatic carbocycles. The minimum Gasteiger partial charge on any atom is -0.379 e. The van der Waals surface area contributed by atoms with Crippen molar-refractivity contribution in [1.29, 1.82) is 0 Å². The smallest absolute Gasteiger partial charge is 0.191 e. The maximum Gasteiger partial charge on any atom is 0.191 e. The quantitative estimate of drug-likeness (QED) is 0.618. The van der Waals surface area contributed by atoms with Crippen LogP contribution in [0.25, 0.3) is 0 Å². The summed E-state index contributed by atoms with van der Waals surface area (Å²) in [5, 5.41) is 11.1. The summed E-state index contributed by atoms with van der Waals surface area (Å²) in [6.45, 7) is 10.0. The fourth-order valence-corrected chi connectivity index (χ4v) is 3.37. The summed E-state index contributed by atoms with van der Waals surface area (Å²) in [5.41, 5.74) is 1.29. The lowest BCUT2D eigenvalue weighted by atomic mass is 10.0. The van der Waals surface area contributed by atoms with Crippen LogP contribution in [-0.2, 0) is 11.3 Å². The van der Waals surface area contributed by atoms with E-state index in [4.69, 9.17) is 4.74 Å². The molecule has 0 saturated carbocycles. The topological polar surface area (TPSA) is 48.9 Å². The van der Waals surface area contributed by atoms with Crippen LogP contribution in [-0.4, -0.2) is 56.8 Å². The van der Waals surface area contributed by atoms with E-state index in [9.17, 15) is 0 Å². The van der Waals surface area contributed by atoms with Crippen molar-refractivity contribution in [3.8, 4) is 0 Å². The van der Waals surface area contributed by atoms with E-state index in [0.717, 1.165) is 45.4 Å². The van der Waals surface area contributed by atoms with Crippen LogP contribution in [0.15, 0.2) is 21.8 Å². The maximum absolute atomic E-state index is 5.46. The van der Waals surface area contributed by atoms with Crippen molar-refractivity contribution in [3.63, 3.8) is 0 Å². The molecule has 1 aliphatic rings. The molecule has 6 heteroatoms. The Kier molecular flexibility index (Phi) is 7.15. The van der Waals surface area contributed by atoms with Gasteiger partial charge in [0.15, 0.2) is 5.96 Å². The molecule has 0 spiro atoms. The second-order valence-electron chi connectivity index (χ2n) is 5.90. The first-order valence-corrected chi connectivity index (χ1v) is 8.92. The monoisotopic (exact) mass is 324 g/mol. The molecular formula is C16H28N4OS. The Bertz CT molecular complexity index is 441. The molecule has 5 nitrogen and oxygen atoms in total. The zero-order chi connectivity index (χ0) is 15.8. The van der Waals surface area contributed by atoms with Crippen LogP contribution in [0.5, 0.6) is 0 Å². The molecule has 1 aromatic rings. The van der Waals surface area contributed by atoms with Gasteiger partial charge in [-0.15, -0.1) is 0 Å². The number of nitrogens with one attached hydrogen (secondary N) is 2. The number of aliphatic imine (C=N–C) groups is 1. The summed E-state index contributed by atoms with van der Waals surface area (Å²) in [6.07, 6.45) is 0. The molecule has 2 N–H and O–H groups in total. The lowest BCUT2D eigenvalue weighted by Gasteiger charge is -2.37. The number of rotatable bonds is 6. The lowest BCUT2D eigenvalue weighted by Crippen LogP contribution is -2.52. The SMILES string of the molecule is CN=C(NCc1ccsc1)NCC(C(C)C)N1CCOCC1. The standard InChI is InChI=1S/C16H28N4OS/c1-13(2)15(20-5-7-21-8-6-20)11-19-16(17-3)18-10-14-4-9-22-12-14/h4,9,12-13,15H,5-8,10-11H2,1-3H3,(H2,17,18,19). The van der Waals surface area contributed by atoms with Crippen LogP contribution >= 0.6 is 11.3 Å². The second kappa shape index (κ2) is 9.12. The maximum atomic E-state index is 5.46. The van der Waals surface area contributed by atoms with E-state index in [1.165, 1.54) is 5.56 Å². The number of thiophene rings is 1. The second-order valence-corrected chi connectivity index (χ2v) is 6.68. The van der Waals surface area contributed by atoms with E-state index in [1.807, 2.05) is 7.05 Å². The van der Waals surface area contributed by atoms with E-state index >= 15 is 0 Å². The fraction of sp³-hybridized carbons (Fsp3) is 0.688. The van der Waals surface area contributed by atoms with Crippen LogP contribution in [0, 0.1) is 5.92 Å². The molecule has 124 valence electrons. The Labute approximate surface area is 137 Å². The molecule has 2 heterocycles. The van der Waals surface area contributed by atoms with E-state index in [-0.39, 0.29) is 0 Å². The summed E-state index contributed by atoms with van der Waals surface area (Å²) in [5.74, 6) is 1.46. The van der Waals surface area contributed by atoms with Gasteiger partial charge in [-0.3, -0.25) is 9.89 Å². The number of nitrogens with zero attached hydrogens (tertiary/aromatic N) is 2. The minimum absolute atomic E-state index is 0.503. The van der Waals surface area contributed by atoms with Crippen molar-refractivity contribution in [3.05, 3.63) is 22.4 Å². The highest BCUT2D eigenvalue weighted by Gasteiger charge is 2.23. The van der Waals surface area contributed by atoms with Crippen molar-refractivity contribution < 1.29 is 4.74 Å². The van der Waals surface area contributed by atoms with Gasteiger partial charge in [0, 0.05) is 39.3 Å². The molecule has 22 heavy (non-hydrogen) atoms. The molecule has 0 radical (unpaired) electrons. The molecule has 1 aliphatic heterocycles. The molecular weight excluding hydrogens is 296 g/mol. The first-order valence-electron chi connectivity index (χ1n) is 7.98. The molecule has 0 amide bonds. The molecule has 0 bridgehead atoms. The lowest BCUT2D eigenvalue weighted by molar-refractivity contribution is 0.00752. The number of guanidine groups is 1. The van der Waals surface area contributed by atoms with Crippen molar-refractivity contribution in [2.45, 2.75) is 26.4 Å². The Hall–Kier alpha value is -1.11. The van der Waals surface area contributed by atoms with Crippen LogP contribution in [0.2, 0.25) is 0 Å². The van der Waals surface area contributed by atoms with Crippen LogP contribution < -0.4 is 10.6 Å². The van der Waals surface area contributed by atoms with Crippen molar-refractivity contribution in [2.24, 2.45) is 10.9 Å². The largest absolute Gasteiger partial charge is 0.379 e. The van der Waals surface area contributed by atoms with Gasteiger partial charge in [0.25, 0.3) is 0 Å². The molecule has 1 aromatic heterocycles. The van der Waals surface area contributed by atoms with Gasteiger partial charge in [0.1, 0.15) is 0 Å². The highest BCUT2D eigenvalue weighted by atomic mass is 32.1. The minimum atomic E-state index is 0.503. The first kappa shape index (κ1) is 17.2. The van der Waals surface area contributed by atoms with Gasteiger partial charge < -0.3 is 15.4 Å². The van der Waals surface area contributed by atoms with Gasteiger partial charge in [-0.25, -0.2) is 0 Å². The molecule has 1 unspecified atom stereocenters. The van der Waals surface area contributed by atoms with E-state index in [2.05, 4.69) is 51.2 Å². The summed E-state index contributed by atoms with van der Waals surface area (Å²) < 4.78 is 5.46. The van der Waals surface area contributed by atoms with Crippen LogP contribution in [0.4, 0.5) is 0 Å². The average molecular weight is 324 g/mol. The number of ether oxygens (including phenoxy) is 1. The third-order valence-electron chi connectivity index (χ3n) is 4.03. The van der Waals surface area contributed by atoms with Gasteiger partial charge in [0.05, 0.1) is 13.2 Å². The van der Waals surface area contributed by atoms with E-state index in [0.29, 0.717) is 12.0 Å². The average Bonchev–Trinajstić information content (AvgIpc) is 3.04. The molecule has 1 saturated heterocycles. The Morgan fingerprint density at radius 1 is 1.36 bits per heavy atom. The predicted octanol–water partition coefficient (Wildman–Crippen LogP) is 1.77. The van der Waals surface area contributed by atoms with Gasteiger partial charge in [-0.2, -0.15) is 11.3 Å². The molecule has 2 rings (SSSR count). The van der Waals surface area contributed by atoms with Gasteiger partial charge >= 0.3 is 0 Å². The Balaban J connectivity index is 1.81. The fourth-order valence-electron chi connectivity index (χ4n) is 2.70. The zero-order valence-corrected chi connectivity index (χ0v) is 14.7. The van der Waals surface area contributed by atoms with E-state index < -0.39 is 0 Å². The van der Waals surface area contributed by atoms with Gasteiger partial charge in [-0.1, -0.05) is 13.8 Å². The highest BCUT2D eigenvalue weighted by Crippen LogP contribution is 2.12. The van der Waals surface area contributed by atoms with Gasteiger partial charge in [-0.05, 0) is 28.3 Å². The summed E-state index contributed by atoms with van der Waals surface area (Å²) in [4.78, 5) is 6.84. The van der Waals surface area contributed by atoms with Crippen LogP contribution in [0.1, 0.15) is 19.4 Å². The number of hydrogen-bond donors (Lipinski definition) is 2. The van der Waals surface area contributed by atoms with Crippen molar-refractivity contribution >= 4 is 17.3 Å². The Morgan fingerprint density at radius 2 is 2.14 bits per heavy atom. The summed E-state index contributed by atoms with van der Waals surface area (Å²) in [6, 6.07) is 2.64. The molecule has 0 aromatic carbocycles. The summed E-state index contributed by atoms with van der Waals surface area (Å²) >= 11 is 1.72. The zero-order valence-electron chi connectivity index (χ0n) is 13.8. The molecule has 1 atom stereocenters. The van der Waals surface area contributed by atoms with Crippen molar-refractivity contribution in [2.75, 3.05) is 39.9 Å². The normalized spacial score (nSPS) is 18.5. The predicted molar refractivity (Wildman–Crippen MR) is 93.5 cm³/mol. The number of morpholine rings is 1. The Morgan fingerprint density at radius 3 is 2.73 bits per heavy atom. The van der Waals surface area contributed by atoms with Crippen LogP contribution in [0.3, 0.4) is 0 Å². The highest BCUT2D eigenvalue weighted by molar-refractivity contribution is 7.07. The third-order valence-corrected chi connectivity index (χ3v) is 4.76. The van der Waals surface area contributed by atoms with E-state index in [1.54, 1.807) is 11.3 Å². The van der Waals surface area contributed by atoms with Crippen molar-refractivity contribution in [1.82, 2.24) is 15.5 Å². The first-order chi connectivity index (χ1) is 10.7. The van der Waals surface area contributed by atoms with Gasteiger partial charge in [0.2, 0.25) is 0 Å². The molecule has 1 fully saturated rings. The third kappa shape index (κ3) is 5.26. The summed E-state index contributed by atoms with van der Waals surface area (Å²) in [7, 11) is 1.82. The number of hydrogen-bond acceptors (Lipinski definition) is 4.